The average Bonchev–Trinajstić information content (AvgIpc) is 3.16. The second kappa shape index (κ2) is 8.24. The van der Waals surface area contributed by atoms with Crippen LogP contribution in [-0.4, -0.2) is 22.2 Å². The van der Waals surface area contributed by atoms with Gasteiger partial charge in [-0.1, -0.05) is 18.7 Å². The molecule has 2 N–H and O–H groups in total. The molecule has 3 aromatic rings. The number of nitriles is 1. The van der Waals surface area contributed by atoms with Crippen molar-refractivity contribution in [2.24, 2.45) is 0 Å². The smallest absolute Gasteiger partial charge is 0.406 e. The van der Waals surface area contributed by atoms with Gasteiger partial charge < -0.3 is 15.0 Å². The number of aromatic amines is 1. The second-order valence-corrected chi connectivity index (χ2v) is 6.21. The number of ether oxygens (including phenoxy) is 1. The van der Waals surface area contributed by atoms with Crippen LogP contribution in [0.5, 0.6) is 5.75 Å². The first-order chi connectivity index (χ1) is 14.2. The summed E-state index contributed by atoms with van der Waals surface area (Å²) in [6.07, 6.45) is -2.47. The van der Waals surface area contributed by atoms with Gasteiger partial charge in [0.15, 0.2) is 0 Å². The summed E-state index contributed by atoms with van der Waals surface area (Å²) in [5, 5.41) is 12.1. The van der Waals surface area contributed by atoms with E-state index in [4.69, 9.17) is 0 Å². The number of alkyl halides is 3. The molecule has 30 heavy (non-hydrogen) atoms. The molecule has 0 saturated carbocycles. The summed E-state index contributed by atoms with van der Waals surface area (Å²) in [5.41, 5.74) is 2.20. The third-order valence-corrected chi connectivity index (χ3v) is 4.25. The highest BCUT2D eigenvalue weighted by Gasteiger charge is 2.31. The molecule has 0 saturated heterocycles. The van der Waals surface area contributed by atoms with Gasteiger partial charge in [-0.2, -0.15) is 5.26 Å². The number of hydrogen-bond donors (Lipinski definition) is 2. The molecule has 1 amide bonds. The molecule has 1 heterocycles. The number of amides is 1. The van der Waals surface area contributed by atoms with Crippen LogP contribution in [0.4, 0.5) is 17.6 Å². The Balaban J connectivity index is 1.98. The molecule has 1 aromatic heterocycles. The lowest BCUT2D eigenvalue weighted by molar-refractivity contribution is -0.274. The maximum Gasteiger partial charge on any atom is 0.573 e. The molecule has 0 aliphatic carbocycles. The quantitative estimate of drug-likeness (QED) is 0.470. The zero-order valence-electron chi connectivity index (χ0n) is 15.3. The van der Waals surface area contributed by atoms with Gasteiger partial charge >= 0.3 is 6.36 Å². The van der Waals surface area contributed by atoms with Crippen molar-refractivity contribution in [1.82, 2.24) is 15.3 Å². The summed E-state index contributed by atoms with van der Waals surface area (Å²) < 4.78 is 55.0. The van der Waals surface area contributed by atoms with Gasteiger partial charge in [-0.3, -0.25) is 4.79 Å². The van der Waals surface area contributed by atoms with E-state index in [1.54, 1.807) is 6.07 Å². The Morgan fingerprint density at radius 2 is 2.07 bits per heavy atom. The van der Waals surface area contributed by atoms with E-state index in [0.717, 1.165) is 12.1 Å². The molecule has 0 radical (unpaired) electrons. The van der Waals surface area contributed by atoms with E-state index in [0.29, 0.717) is 28.2 Å². The predicted octanol–water partition coefficient (Wildman–Crippen LogP) is 3.87. The van der Waals surface area contributed by atoms with Crippen molar-refractivity contribution in [3.8, 4) is 11.8 Å². The number of fused-ring (bicyclic) bond motifs is 1. The highest BCUT2D eigenvalue weighted by atomic mass is 19.4. The van der Waals surface area contributed by atoms with Crippen molar-refractivity contribution < 1.29 is 27.1 Å². The van der Waals surface area contributed by atoms with Crippen LogP contribution in [0.2, 0.25) is 0 Å². The van der Waals surface area contributed by atoms with Gasteiger partial charge in [-0.25, -0.2) is 9.37 Å². The van der Waals surface area contributed by atoms with Crippen molar-refractivity contribution in [3.63, 3.8) is 0 Å². The van der Waals surface area contributed by atoms with Gasteiger partial charge in [-0.15, -0.1) is 13.2 Å². The molecule has 0 aliphatic rings. The van der Waals surface area contributed by atoms with E-state index < -0.39 is 23.8 Å². The summed E-state index contributed by atoms with van der Waals surface area (Å²) in [5.74, 6) is -1.98. The number of aromatic nitrogens is 2. The van der Waals surface area contributed by atoms with E-state index in [1.807, 2.05) is 0 Å². The number of nitrogens with one attached hydrogen (secondary N) is 2. The van der Waals surface area contributed by atoms with Crippen molar-refractivity contribution in [1.29, 1.82) is 5.26 Å². The molecule has 3 rings (SSSR count). The van der Waals surface area contributed by atoms with Crippen molar-refractivity contribution in [2.75, 3.05) is 0 Å². The first-order valence-corrected chi connectivity index (χ1v) is 8.54. The van der Waals surface area contributed by atoms with Crippen LogP contribution in [0, 0.1) is 17.1 Å². The number of imidazole rings is 1. The second-order valence-electron chi connectivity index (χ2n) is 6.21. The van der Waals surface area contributed by atoms with Crippen molar-refractivity contribution in [3.05, 3.63) is 71.3 Å². The summed E-state index contributed by atoms with van der Waals surface area (Å²) in [6, 6.07) is 6.51. The maximum absolute atomic E-state index is 14.4. The van der Waals surface area contributed by atoms with Crippen LogP contribution in [-0.2, 0) is 17.8 Å². The third-order valence-electron chi connectivity index (χ3n) is 4.25. The molecule has 0 atom stereocenters. The van der Waals surface area contributed by atoms with Gasteiger partial charge in [0, 0.05) is 19.0 Å². The SMILES string of the molecule is C=CC(=O)NCc1cc(Cc2ccc(OC(F)(F)F)cc2F)c2nc[nH]c2c1C#N. The number of H-pyrrole nitrogens is 1. The number of hydrogen-bond acceptors (Lipinski definition) is 4. The third kappa shape index (κ3) is 4.57. The Hall–Kier alpha value is -3.87. The Labute approximate surface area is 167 Å². The minimum Gasteiger partial charge on any atom is -0.406 e. The first kappa shape index (κ1) is 20.9. The Kier molecular flexibility index (Phi) is 5.73. The van der Waals surface area contributed by atoms with Gasteiger partial charge in [0.2, 0.25) is 5.91 Å². The molecule has 6 nitrogen and oxygen atoms in total. The lowest BCUT2D eigenvalue weighted by atomic mass is 9.97. The highest BCUT2D eigenvalue weighted by molar-refractivity contribution is 5.88. The molecule has 154 valence electrons. The fourth-order valence-electron chi connectivity index (χ4n) is 2.97. The molecule has 0 fully saturated rings. The number of carbonyl (C=O) groups excluding carboxylic acids is 1. The van der Waals surface area contributed by atoms with Gasteiger partial charge in [0.1, 0.15) is 17.6 Å². The van der Waals surface area contributed by atoms with Gasteiger partial charge in [0.25, 0.3) is 0 Å². The molecule has 10 heteroatoms. The van der Waals surface area contributed by atoms with Crippen LogP contribution >= 0.6 is 0 Å². The Morgan fingerprint density at radius 3 is 2.70 bits per heavy atom. The predicted molar refractivity (Wildman–Crippen MR) is 98.7 cm³/mol. The standard InChI is InChI=1S/C20H14F4N4O2/c1-2-17(29)26-9-13-6-12(18-19(15(13)8-25)28-10-27-18)5-11-3-4-14(7-16(11)21)30-20(22,23)24/h2-4,6-7,10H,1,5,9H2,(H,26,29)(H,27,28). The number of carbonyl (C=O) groups is 1. The number of rotatable bonds is 6. The van der Waals surface area contributed by atoms with Crippen LogP contribution in [0.25, 0.3) is 11.0 Å². The summed E-state index contributed by atoms with van der Waals surface area (Å²) in [6.45, 7) is 3.38. The van der Waals surface area contributed by atoms with Gasteiger partial charge in [-0.05, 0) is 28.8 Å². The van der Waals surface area contributed by atoms with Crippen LogP contribution in [0.15, 0.2) is 43.2 Å². The summed E-state index contributed by atoms with van der Waals surface area (Å²) in [4.78, 5) is 18.5. The number of nitrogens with zero attached hydrogens (tertiary/aromatic N) is 2. The zero-order chi connectivity index (χ0) is 21.9. The average molecular weight is 418 g/mol. The van der Waals surface area contributed by atoms with Crippen molar-refractivity contribution >= 4 is 16.9 Å². The van der Waals surface area contributed by atoms with E-state index >= 15 is 0 Å². The lowest BCUT2D eigenvalue weighted by Gasteiger charge is -2.12. The molecule has 2 aromatic carbocycles. The molecule has 0 aliphatic heterocycles. The Bertz CT molecular complexity index is 1160. The molecule has 0 spiro atoms. The minimum absolute atomic E-state index is 0.00635. The monoisotopic (exact) mass is 418 g/mol. The van der Waals surface area contributed by atoms with Crippen LogP contribution in [0.3, 0.4) is 0 Å². The summed E-state index contributed by atoms with van der Waals surface area (Å²) in [7, 11) is 0. The van der Waals surface area contributed by atoms with E-state index in [2.05, 4.69) is 32.7 Å². The zero-order valence-corrected chi connectivity index (χ0v) is 15.3. The first-order valence-electron chi connectivity index (χ1n) is 8.54. The van der Waals surface area contributed by atoms with E-state index in [-0.39, 0.29) is 24.1 Å². The topological polar surface area (TPSA) is 90.8 Å². The highest BCUT2D eigenvalue weighted by Crippen LogP contribution is 2.29. The lowest BCUT2D eigenvalue weighted by Crippen LogP contribution is -2.20. The van der Waals surface area contributed by atoms with Crippen molar-refractivity contribution in [2.45, 2.75) is 19.3 Å². The minimum atomic E-state index is -4.92. The van der Waals surface area contributed by atoms with E-state index in [1.165, 1.54) is 12.4 Å². The maximum atomic E-state index is 14.4. The molecular weight excluding hydrogens is 404 g/mol. The normalized spacial score (nSPS) is 11.2. The molecule has 0 unspecified atom stereocenters. The number of benzene rings is 2. The number of halogens is 4. The van der Waals surface area contributed by atoms with Crippen LogP contribution in [0.1, 0.15) is 22.3 Å². The van der Waals surface area contributed by atoms with Crippen LogP contribution < -0.4 is 10.1 Å². The fourth-order valence-corrected chi connectivity index (χ4v) is 2.97. The molecule has 0 bridgehead atoms. The van der Waals surface area contributed by atoms with Gasteiger partial charge in [0.05, 0.1) is 22.9 Å². The van der Waals surface area contributed by atoms with E-state index in [9.17, 15) is 27.6 Å². The summed E-state index contributed by atoms with van der Waals surface area (Å²) >= 11 is 0. The molecular formula is C20H14F4N4O2. The largest absolute Gasteiger partial charge is 0.573 e. The fraction of sp³-hybridized carbons (Fsp3) is 0.150. The Morgan fingerprint density at radius 1 is 1.30 bits per heavy atom.